The third-order valence-electron chi connectivity index (χ3n) is 6.59. The molecule has 1 aliphatic heterocycles. The molecular formula is C28H36N4O2. The van der Waals surface area contributed by atoms with Crippen LogP contribution >= 0.6 is 0 Å². The van der Waals surface area contributed by atoms with Crippen molar-refractivity contribution >= 4 is 11.8 Å². The number of hydrogen-bond donors (Lipinski definition) is 1. The first-order valence-electron chi connectivity index (χ1n) is 12.5. The number of benzene rings is 2. The molecule has 2 amide bonds. The molecule has 0 radical (unpaired) electrons. The van der Waals surface area contributed by atoms with Crippen LogP contribution in [0.2, 0.25) is 0 Å². The molecule has 2 aromatic carbocycles. The van der Waals surface area contributed by atoms with E-state index in [9.17, 15) is 9.59 Å². The molecule has 1 N–H and O–H groups in total. The number of nitrogens with one attached hydrogen (secondary N) is 1. The molecule has 1 heterocycles. The van der Waals surface area contributed by atoms with E-state index in [1.165, 1.54) is 0 Å². The van der Waals surface area contributed by atoms with Crippen molar-refractivity contribution in [3.63, 3.8) is 0 Å². The van der Waals surface area contributed by atoms with Gasteiger partial charge in [-0.2, -0.15) is 5.26 Å². The highest BCUT2D eigenvalue weighted by Gasteiger charge is 2.27. The van der Waals surface area contributed by atoms with E-state index in [-0.39, 0.29) is 11.8 Å². The van der Waals surface area contributed by atoms with Gasteiger partial charge in [-0.25, -0.2) is 0 Å². The van der Waals surface area contributed by atoms with Gasteiger partial charge >= 0.3 is 0 Å². The Morgan fingerprint density at radius 1 is 1.09 bits per heavy atom. The smallest absolute Gasteiger partial charge is 0.251 e. The number of carbonyl (C=O) groups excluding carboxylic acids is 2. The van der Waals surface area contributed by atoms with Crippen LogP contribution in [-0.2, 0) is 4.79 Å². The first-order valence-corrected chi connectivity index (χ1v) is 12.5. The molecule has 180 valence electrons. The van der Waals surface area contributed by atoms with Crippen molar-refractivity contribution in [1.29, 1.82) is 5.26 Å². The van der Waals surface area contributed by atoms with Gasteiger partial charge in [-0.1, -0.05) is 24.3 Å². The molecule has 1 unspecified atom stereocenters. The van der Waals surface area contributed by atoms with E-state index >= 15 is 0 Å². The lowest BCUT2D eigenvalue weighted by Gasteiger charge is -2.34. The van der Waals surface area contributed by atoms with Crippen molar-refractivity contribution in [1.82, 2.24) is 15.1 Å². The molecule has 0 aliphatic carbocycles. The van der Waals surface area contributed by atoms with Crippen molar-refractivity contribution < 1.29 is 9.59 Å². The van der Waals surface area contributed by atoms with Gasteiger partial charge in [-0.3, -0.25) is 9.59 Å². The maximum atomic E-state index is 12.7. The third-order valence-corrected chi connectivity index (χ3v) is 6.59. The third kappa shape index (κ3) is 6.91. The Bertz CT molecular complexity index is 992. The zero-order valence-corrected chi connectivity index (χ0v) is 20.4. The van der Waals surface area contributed by atoms with E-state index < -0.39 is 0 Å². The van der Waals surface area contributed by atoms with Crippen LogP contribution in [0.25, 0.3) is 11.1 Å². The minimum atomic E-state index is -0.0693. The topological polar surface area (TPSA) is 76.4 Å². The second-order valence-electron chi connectivity index (χ2n) is 8.88. The molecule has 2 aromatic rings. The summed E-state index contributed by atoms with van der Waals surface area (Å²) < 4.78 is 0. The SMILES string of the molecule is CCN(CC)C(=O)C1CCCN(CCCCNC(=O)c2ccc(-c3cccc(C#N)c3)cc2)C1. The Kier molecular flexibility index (Phi) is 9.66. The summed E-state index contributed by atoms with van der Waals surface area (Å²) in [5.74, 6) is 0.352. The summed E-state index contributed by atoms with van der Waals surface area (Å²) >= 11 is 0. The van der Waals surface area contributed by atoms with Crippen molar-refractivity contribution in [2.24, 2.45) is 5.92 Å². The average molecular weight is 461 g/mol. The molecule has 3 rings (SSSR count). The minimum absolute atomic E-state index is 0.0693. The number of nitriles is 1. The number of unbranched alkanes of at least 4 members (excludes halogenated alkanes) is 1. The van der Waals surface area contributed by atoms with E-state index in [1.807, 2.05) is 61.2 Å². The maximum absolute atomic E-state index is 12.7. The lowest BCUT2D eigenvalue weighted by atomic mass is 9.96. The summed E-state index contributed by atoms with van der Waals surface area (Å²) in [5, 5.41) is 12.1. The highest BCUT2D eigenvalue weighted by molar-refractivity contribution is 5.94. The zero-order chi connectivity index (χ0) is 24.3. The van der Waals surface area contributed by atoms with E-state index in [0.717, 1.165) is 69.5 Å². The van der Waals surface area contributed by atoms with Gasteiger partial charge in [0, 0.05) is 31.7 Å². The molecule has 1 atom stereocenters. The number of nitrogens with zero attached hydrogens (tertiary/aromatic N) is 3. The lowest BCUT2D eigenvalue weighted by Crippen LogP contribution is -2.45. The number of amides is 2. The van der Waals surface area contributed by atoms with Gasteiger partial charge in [0.15, 0.2) is 0 Å². The first kappa shape index (κ1) is 25.5. The van der Waals surface area contributed by atoms with Crippen LogP contribution in [0.3, 0.4) is 0 Å². The number of likely N-dealkylation sites (tertiary alicyclic amines) is 1. The monoisotopic (exact) mass is 460 g/mol. The van der Waals surface area contributed by atoms with E-state index in [4.69, 9.17) is 5.26 Å². The van der Waals surface area contributed by atoms with Crippen LogP contribution in [0.1, 0.15) is 55.5 Å². The fourth-order valence-corrected chi connectivity index (χ4v) is 4.60. The standard InChI is InChI=1S/C28H36N4O2/c1-3-32(4-2)28(34)26-11-8-18-31(21-26)17-6-5-16-30-27(33)24-14-12-23(13-15-24)25-10-7-9-22(19-25)20-29/h7,9-10,12-15,19,26H,3-6,8,11,16-18,21H2,1-2H3,(H,30,33). The molecule has 6 heteroatoms. The Hall–Kier alpha value is -3.17. The Morgan fingerprint density at radius 2 is 1.85 bits per heavy atom. The van der Waals surface area contributed by atoms with Gasteiger partial charge < -0.3 is 15.1 Å². The number of rotatable bonds is 10. The van der Waals surface area contributed by atoms with Gasteiger partial charge in [-0.15, -0.1) is 0 Å². The zero-order valence-electron chi connectivity index (χ0n) is 20.4. The Balaban J connectivity index is 1.39. The molecule has 34 heavy (non-hydrogen) atoms. The second-order valence-corrected chi connectivity index (χ2v) is 8.88. The van der Waals surface area contributed by atoms with Crippen LogP contribution < -0.4 is 5.32 Å². The van der Waals surface area contributed by atoms with Gasteiger partial charge in [0.2, 0.25) is 5.91 Å². The molecule has 1 aliphatic rings. The van der Waals surface area contributed by atoms with Gasteiger partial charge in [-0.05, 0) is 88.0 Å². The average Bonchev–Trinajstić information content (AvgIpc) is 2.89. The van der Waals surface area contributed by atoms with Crippen LogP contribution in [0.4, 0.5) is 0 Å². The molecule has 0 bridgehead atoms. The highest BCUT2D eigenvalue weighted by Crippen LogP contribution is 2.21. The van der Waals surface area contributed by atoms with Gasteiger partial charge in [0.25, 0.3) is 5.91 Å². The number of hydrogen-bond acceptors (Lipinski definition) is 4. The van der Waals surface area contributed by atoms with E-state index in [1.54, 1.807) is 6.07 Å². The van der Waals surface area contributed by atoms with Crippen LogP contribution in [0.15, 0.2) is 48.5 Å². The van der Waals surface area contributed by atoms with E-state index in [2.05, 4.69) is 16.3 Å². The normalized spacial score (nSPS) is 16.0. The summed E-state index contributed by atoms with van der Waals surface area (Å²) in [6.45, 7) is 9.15. The molecule has 0 aromatic heterocycles. The largest absolute Gasteiger partial charge is 0.352 e. The molecular weight excluding hydrogens is 424 g/mol. The summed E-state index contributed by atoms with van der Waals surface area (Å²) in [7, 11) is 0. The molecule has 0 saturated carbocycles. The quantitative estimate of drug-likeness (QED) is 0.536. The summed E-state index contributed by atoms with van der Waals surface area (Å²) in [5.41, 5.74) is 3.20. The number of piperidine rings is 1. The highest BCUT2D eigenvalue weighted by atomic mass is 16.2. The Labute approximate surface area is 203 Å². The predicted octanol–water partition coefficient (Wildman–Crippen LogP) is 4.32. The fraction of sp³-hybridized carbons (Fsp3) is 0.464. The first-order chi connectivity index (χ1) is 16.5. The lowest BCUT2D eigenvalue weighted by molar-refractivity contribution is -0.137. The van der Waals surface area contributed by atoms with Crippen molar-refractivity contribution in [3.8, 4) is 17.2 Å². The summed E-state index contributed by atoms with van der Waals surface area (Å²) in [6.07, 6.45) is 3.98. The summed E-state index contributed by atoms with van der Waals surface area (Å²) in [6, 6.07) is 17.1. The Morgan fingerprint density at radius 3 is 2.56 bits per heavy atom. The number of carbonyl (C=O) groups is 2. The second kappa shape index (κ2) is 12.9. The van der Waals surface area contributed by atoms with Gasteiger partial charge in [0.1, 0.15) is 0 Å². The van der Waals surface area contributed by atoms with Crippen LogP contribution in [-0.4, -0.2) is 60.9 Å². The van der Waals surface area contributed by atoms with Crippen LogP contribution in [0.5, 0.6) is 0 Å². The predicted molar refractivity (Wildman–Crippen MR) is 135 cm³/mol. The van der Waals surface area contributed by atoms with Crippen molar-refractivity contribution in [2.75, 3.05) is 39.3 Å². The summed E-state index contributed by atoms with van der Waals surface area (Å²) in [4.78, 5) is 29.5. The molecule has 6 nitrogen and oxygen atoms in total. The molecule has 1 fully saturated rings. The molecule has 0 spiro atoms. The fourth-order valence-electron chi connectivity index (χ4n) is 4.60. The maximum Gasteiger partial charge on any atom is 0.251 e. The molecule has 1 saturated heterocycles. The minimum Gasteiger partial charge on any atom is -0.352 e. The van der Waals surface area contributed by atoms with Gasteiger partial charge in [0.05, 0.1) is 17.6 Å². The van der Waals surface area contributed by atoms with Crippen molar-refractivity contribution in [3.05, 3.63) is 59.7 Å². The van der Waals surface area contributed by atoms with Crippen LogP contribution in [0, 0.1) is 17.2 Å². The van der Waals surface area contributed by atoms with E-state index in [0.29, 0.717) is 23.6 Å². The van der Waals surface area contributed by atoms with Crippen molar-refractivity contribution in [2.45, 2.75) is 39.5 Å².